The lowest BCUT2D eigenvalue weighted by atomic mass is 9.21. The van der Waals surface area contributed by atoms with Gasteiger partial charge in [-0.05, 0) is 116 Å². The number of ether oxygens (including phenoxy) is 1. The SMILES string of the molecule is CC(C)(C)c1ccc(B2C3CCC4CCCC5C4C3N(C3=NC4CC6C(CC4N35)OC3CCCCC36)C3CCC4SC5CCCCC5C4C23)cc1. The Kier molecular flexibility index (Phi) is 7.37. The first-order valence-electron chi connectivity index (χ1n) is 22.5. The van der Waals surface area contributed by atoms with E-state index in [4.69, 9.17) is 9.73 Å². The van der Waals surface area contributed by atoms with Crippen LogP contribution in [-0.2, 0) is 10.2 Å². The average molecular weight is 706 g/mol. The molecule has 11 aliphatic rings. The molecule has 1 aromatic rings. The quantitative estimate of drug-likeness (QED) is 0.273. The van der Waals surface area contributed by atoms with E-state index in [1.807, 2.05) is 0 Å². The van der Waals surface area contributed by atoms with Gasteiger partial charge in [-0.1, -0.05) is 95.4 Å². The van der Waals surface area contributed by atoms with Crippen LogP contribution in [0.4, 0.5) is 0 Å². The van der Waals surface area contributed by atoms with Gasteiger partial charge < -0.3 is 14.5 Å². The number of thioether (sulfide) groups is 1. The zero-order valence-corrected chi connectivity index (χ0v) is 32.7. The van der Waals surface area contributed by atoms with E-state index >= 15 is 0 Å². The van der Waals surface area contributed by atoms with E-state index < -0.39 is 0 Å². The molecule has 4 nitrogen and oxygen atoms in total. The minimum absolute atomic E-state index is 0.205. The molecule has 12 rings (SSSR count). The summed E-state index contributed by atoms with van der Waals surface area (Å²) in [6, 6.07) is 13.6. The van der Waals surface area contributed by atoms with Crippen LogP contribution >= 0.6 is 11.8 Å². The summed E-state index contributed by atoms with van der Waals surface area (Å²) in [6.07, 6.45) is 25.2. The molecule has 10 fully saturated rings. The summed E-state index contributed by atoms with van der Waals surface area (Å²) in [4.78, 5) is 12.4. The molecule has 274 valence electrons. The summed E-state index contributed by atoms with van der Waals surface area (Å²) in [5.41, 5.74) is 3.43. The van der Waals surface area contributed by atoms with Gasteiger partial charge in [-0.25, -0.2) is 4.99 Å². The Labute approximate surface area is 313 Å². The van der Waals surface area contributed by atoms with E-state index in [2.05, 4.69) is 66.6 Å². The van der Waals surface area contributed by atoms with Crippen LogP contribution in [-0.4, -0.2) is 75.4 Å². The Morgan fingerprint density at radius 2 is 1.51 bits per heavy atom. The van der Waals surface area contributed by atoms with Crippen molar-refractivity contribution in [2.24, 2.45) is 40.5 Å². The smallest absolute Gasteiger partial charge is 0.198 e. The topological polar surface area (TPSA) is 28.1 Å². The van der Waals surface area contributed by atoms with Gasteiger partial charge in [0.1, 0.15) is 0 Å². The van der Waals surface area contributed by atoms with E-state index in [1.54, 1.807) is 5.46 Å². The molecule has 51 heavy (non-hydrogen) atoms. The normalized spacial score (nSPS) is 50.5. The zero-order valence-electron chi connectivity index (χ0n) is 31.9. The van der Waals surface area contributed by atoms with Gasteiger partial charge in [-0.15, -0.1) is 0 Å². The second-order valence-electron chi connectivity index (χ2n) is 21.1. The number of guanidine groups is 1. The predicted octanol–water partition coefficient (Wildman–Crippen LogP) is 8.93. The first-order chi connectivity index (χ1) is 24.9. The molecule has 0 aromatic heterocycles. The van der Waals surface area contributed by atoms with E-state index in [-0.39, 0.29) is 5.41 Å². The van der Waals surface area contributed by atoms with Crippen molar-refractivity contribution in [3.8, 4) is 0 Å². The van der Waals surface area contributed by atoms with Crippen molar-refractivity contribution in [1.82, 2.24) is 9.80 Å². The van der Waals surface area contributed by atoms with Crippen LogP contribution in [0.1, 0.15) is 135 Å². The molecule has 0 radical (unpaired) electrons. The fourth-order valence-electron chi connectivity index (χ4n) is 16.4. The summed E-state index contributed by atoms with van der Waals surface area (Å²) in [5.74, 6) is 8.25. The van der Waals surface area contributed by atoms with Gasteiger partial charge in [0.05, 0.1) is 24.3 Å². The van der Waals surface area contributed by atoms with Gasteiger partial charge in [0, 0.05) is 34.5 Å². The number of rotatable bonds is 1. The molecule has 0 bridgehead atoms. The van der Waals surface area contributed by atoms with Crippen molar-refractivity contribution in [3.05, 3.63) is 29.8 Å². The van der Waals surface area contributed by atoms with Crippen molar-refractivity contribution < 1.29 is 4.74 Å². The molecule has 17 unspecified atom stereocenters. The van der Waals surface area contributed by atoms with Crippen molar-refractivity contribution in [1.29, 1.82) is 0 Å². The summed E-state index contributed by atoms with van der Waals surface area (Å²) in [5, 5.41) is 1.82. The number of hydrogen-bond donors (Lipinski definition) is 0. The second-order valence-corrected chi connectivity index (χ2v) is 22.6. The molecule has 17 atom stereocenters. The van der Waals surface area contributed by atoms with Crippen LogP contribution in [0.5, 0.6) is 0 Å². The molecule has 0 N–H and O–H groups in total. The molecule has 1 aromatic carbocycles. The number of benzene rings is 1. The van der Waals surface area contributed by atoms with Crippen LogP contribution < -0.4 is 5.46 Å². The Hall–Kier alpha value is -1.14. The largest absolute Gasteiger partial charge is 0.374 e. The lowest BCUT2D eigenvalue weighted by Crippen LogP contribution is -2.77. The Morgan fingerprint density at radius 3 is 2.37 bits per heavy atom. The maximum absolute atomic E-state index is 7.03. The third-order valence-corrected chi connectivity index (χ3v) is 20.0. The molecular weight excluding hydrogens is 641 g/mol. The number of nitrogens with zero attached hydrogens (tertiary/aromatic N) is 3. The minimum atomic E-state index is 0.205. The maximum Gasteiger partial charge on any atom is 0.198 e. The Balaban J connectivity index is 0.982. The van der Waals surface area contributed by atoms with E-state index in [0.29, 0.717) is 42.4 Å². The third-order valence-electron chi connectivity index (χ3n) is 18.2. The molecule has 0 spiro atoms. The molecule has 6 aliphatic carbocycles. The predicted molar refractivity (Wildman–Crippen MR) is 211 cm³/mol. The van der Waals surface area contributed by atoms with E-state index in [1.165, 1.54) is 121 Å². The monoisotopic (exact) mass is 705 g/mol. The lowest BCUT2D eigenvalue weighted by molar-refractivity contribution is -0.0703. The minimum Gasteiger partial charge on any atom is -0.374 e. The van der Waals surface area contributed by atoms with Crippen molar-refractivity contribution >= 4 is 29.9 Å². The summed E-state index contributed by atoms with van der Waals surface area (Å²) < 4.78 is 7.03. The highest BCUT2D eigenvalue weighted by atomic mass is 32.2. The molecule has 5 aliphatic heterocycles. The van der Waals surface area contributed by atoms with E-state index in [9.17, 15) is 0 Å². The fraction of sp³-hybridized carbons (Fsp3) is 0.844. The van der Waals surface area contributed by atoms with Crippen LogP contribution in [0.15, 0.2) is 29.3 Å². The summed E-state index contributed by atoms with van der Waals surface area (Å²) in [7, 11) is 0. The molecule has 4 saturated heterocycles. The highest BCUT2D eigenvalue weighted by Gasteiger charge is 2.68. The molecular formula is C45H64BN3OS. The van der Waals surface area contributed by atoms with Gasteiger partial charge >= 0.3 is 0 Å². The Morgan fingerprint density at radius 1 is 0.686 bits per heavy atom. The second kappa shape index (κ2) is 11.7. The van der Waals surface area contributed by atoms with Gasteiger partial charge in [0.25, 0.3) is 0 Å². The zero-order chi connectivity index (χ0) is 33.7. The summed E-state index contributed by atoms with van der Waals surface area (Å²) >= 11 is 2.48. The van der Waals surface area contributed by atoms with Crippen molar-refractivity contribution in [2.45, 2.75) is 200 Å². The highest BCUT2D eigenvalue weighted by molar-refractivity contribution is 8.00. The molecule has 0 amide bonds. The lowest BCUT2D eigenvalue weighted by Gasteiger charge is -2.68. The number of fused-ring (bicyclic) bond motifs is 14. The van der Waals surface area contributed by atoms with Crippen LogP contribution in [0.3, 0.4) is 0 Å². The first kappa shape index (κ1) is 32.1. The third kappa shape index (κ3) is 4.59. The standard InChI is InChI=1S/C45H64BN3OS/c1-45(2,3)26-16-18-27(19-17-26)46-31-20-15-25-9-8-12-33-40(25)43(31)49(34-21-22-39-41(42(34)46)29-11-5-7-14-38(29)51-39)44-47-32-23-30-28-10-4-6-13-36(28)50-37(30)24-35(32)48(33)44/h16-19,25,28-43H,4-15,20-24H2,1-3H3. The molecule has 6 saturated carbocycles. The number of aliphatic imine (C=N–C) groups is 1. The fourth-order valence-corrected chi connectivity index (χ4v) is 18.5. The van der Waals surface area contributed by atoms with E-state index in [0.717, 1.165) is 64.4 Å². The maximum atomic E-state index is 7.03. The van der Waals surface area contributed by atoms with Gasteiger partial charge in [0.2, 0.25) is 0 Å². The van der Waals surface area contributed by atoms with Crippen molar-refractivity contribution in [3.63, 3.8) is 0 Å². The van der Waals surface area contributed by atoms with Gasteiger partial charge in [-0.2, -0.15) is 11.8 Å². The average Bonchev–Trinajstić information content (AvgIpc) is 3.83. The first-order valence-corrected chi connectivity index (χ1v) is 23.4. The summed E-state index contributed by atoms with van der Waals surface area (Å²) in [6.45, 7) is 7.90. The van der Waals surface area contributed by atoms with Crippen molar-refractivity contribution in [2.75, 3.05) is 0 Å². The molecule has 6 heteroatoms. The number of hydrogen-bond acceptors (Lipinski definition) is 5. The Bertz CT molecular complexity index is 1560. The van der Waals surface area contributed by atoms with Gasteiger partial charge in [0.15, 0.2) is 12.7 Å². The highest BCUT2D eigenvalue weighted by Crippen LogP contribution is 2.66. The van der Waals surface area contributed by atoms with Crippen LogP contribution in [0.25, 0.3) is 0 Å². The van der Waals surface area contributed by atoms with Gasteiger partial charge in [-0.3, -0.25) is 0 Å². The van der Waals surface area contributed by atoms with Crippen LogP contribution in [0.2, 0.25) is 11.6 Å². The van der Waals surface area contributed by atoms with Crippen LogP contribution in [0, 0.1) is 35.5 Å². The molecule has 5 heterocycles.